The van der Waals surface area contributed by atoms with E-state index >= 15 is 0 Å². The molecule has 106 valence electrons. The van der Waals surface area contributed by atoms with Gasteiger partial charge < -0.3 is 4.74 Å². The monoisotopic (exact) mass is 314 g/mol. The zero-order valence-corrected chi connectivity index (χ0v) is 11.3. The van der Waals surface area contributed by atoms with Crippen molar-refractivity contribution in [1.82, 2.24) is 0 Å². The molecule has 0 amide bonds. The van der Waals surface area contributed by atoms with Gasteiger partial charge in [-0.25, -0.2) is 0 Å². The lowest BCUT2D eigenvalue weighted by molar-refractivity contribution is -0.274. The quantitative estimate of drug-likeness (QED) is 0.427. The largest absolute Gasteiger partial charge is 0.573 e. The van der Waals surface area contributed by atoms with Gasteiger partial charge in [0.05, 0.1) is 5.02 Å². The second-order valence-corrected chi connectivity index (χ2v) is 4.54. The van der Waals surface area contributed by atoms with Gasteiger partial charge in [0.1, 0.15) is 5.75 Å². The Balaban J connectivity index is 2.82. The van der Waals surface area contributed by atoms with Crippen molar-refractivity contribution in [3.8, 4) is 5.75 Å². The third kappa shape index (κ3) is 5.70. The number of alkyl halides is 4. The van der Waals surface area contributed by atoms with Crippen LogP contribution in [0.2, 0.25) is 5.02 Å². The van der Waals surface area contributed by atoms with Crippen molar-refractivity contribution in [2.24, 2.45) is 0 Å². The first-order chi connectivity index (χ1) is 8.83. The Morgan fingerprint density at radius 1 is 1.26 bits per heavy atom. The molecule has 1 rings (SSSR count). The summed E-state index contributed by atoms with van der Waals surface area (Å²) in [5.41, 5.74) is 0.0259. The van der Waals surface area contributed by atoms with Crippen LogP contribution in [0.25, 0.3) is 0 Å². The molecule has 0 saturated heterocycles. The Kier molecular flexibility index (Phi) is 5.94. The Hall–Kier alpha value is -0.940. The Morgan fingerprint density at radius 2 is 1.95 bits per heavy atom. The molecule has 0 fully saturated rings. The first-order valence-corrected chi connectivity index (χ1v) is 6.39. The molecule has 0 bridgehead atoms. The number of unbranched alkanes of at least 4 members (excludes halogenated alkanes) is 1. The molecule has 0 atom stereocenters. The molecule has 0 unspecified atom stereocenters. The van der Waals surface area contributed by atoms with Gasteiger partial charge in [0.2, 0.25) is 0 Å². The molecule has 0 N–H and O–H groups in total. The van der Waals surface area contributed by atoms with E-state index in [4.69, 9.17) is 23.2 Å². The van der Waals surface area contributed by atoms with Crippen molar-refractivity contribution in [1.29, 1.82) is 0 Å². The fourth-order valence-corrected chi connectivity index (χ4v) is 1.84. The summed E-state index contributed by atoms with van der Waals surface area (Å²) in [6.07, 6.45) is -3.40. The van der Waals surface area contributed by atoms with Crippen molar-refractivity contribution in [3.63, 3.8) is 0 Å². The van der Waals surface area contributed by atoms with Crippen LogP contribution in [0.1, 0.15) is 29.6 Å². The van der Waals surface area contributed by atoms with Crippen molar-refractivity contribution in [2.75, 3.05) is 5.88 Å². The molecule has 0 aromatic heterocycles. The van der Waals surface area contributed by atoms with Crippen molar-refractivity contribution in [2.45, 2.75) is 25.6 Å². The topological polar surface area (TPSA) is 26.3 Å². The summed E-state index contributed by atoms with van der Waals surface area (Å²) in [5.74, 6) is -0.363. The van der Waals surface area contributed by atoms with Crippen LogP contribution in [0, 0.1) is 0 Å². The first-order valence-electron chi connectivity index (χ1n) is 5.48. The first kappa shape index (κ1) is 16.1. The number of hydrogen-bond donors (Lipinski definition) is 0. The van der Waals surface area contributed by atoms with E-state index in [1.807, 2.05) is 0 Å². The van der Waals surface area contributed by atoms with E-state index < -0.39 is 12.1 Å². The molecule has 7 heteroatoms. The minimum atomic E-state index is -4.80. The number of ketones is 1. The Labute approximate surface area is 118 Å². The van der Waals surface area contributed by atoms with Gasteiger partial charge in [-0.2, -0.15) is 0 Å². The summed E-state index contributed by atoms with van der Waals surface area (Å²) in [7, 11) is 0. The Morgan fingerprint density at radius 3 is 2.53 bits per heavy atom. The minimum Gasteiger partial charge on any atom is -0.406 e. The lowest BCUT2D eigenvalue weighted by Gasteiger charge is -2.10. The van der Waals surface area contributed by atoms with E-state index in [0.717, 1.165) is 12.1 Å². The van der Waals surface area contributed by atoms with Gasteiger partial charge in [0.15, 0.2) is 5.78 Å². The number of ether oxygens (including phenoxy) is 1. The molecule has 0 heterocycles. The predicted octanol–water partition coefficient (Wildman–Crippen LogP) is 4.83. The van der Waals surface area contributed by atoms with Crippen LogP contribution in [0.15, 0.2) is 18.2 Å². The van der Waals surface area contributed by atoms with E-state index in [9.17, 15) is 18.0 Å². The number of carbonyl (C=O) groups excluding carboxylic acids is 1. The maximum atomic E-state index is 12.1. The van der Waals surface area contributed by atoms with Crippen molar-refractivity contribution in [3.05, 3.63) is 28.8 Å². The molecule has 0 saturated carbocycles. The molecule has 19 heavy (non-hydrogen) atoms. The van der Waals surface area contributed by atoms with Crippen molar-refractivity contribution < 1.29 is 22.7 Å². The van der Waals surface area contributed by atoms with Crippen LogP contribution >= 0.6 is 23.2 Å². The van der Waals surface area contributed by atoms with E-state index in [-0.39, 0.29) is 22.8 Å². The van der Waals surface area contributed by atoms with Gasteiger partial charge in [0, 0.05) is 17.9 Å². The SMILES string of the molecule is O=C(CCCCCl)c1cc(OC(F)(F)F)ccc1Cl. The highest BCUT2D eigenvalue weighted by Gasteiger charge is 2.31. The molecular formula is C12H11Cl2F3O2. The van der Waals surface area contributed by atoms with Crippen LogP contribution < -0.4 is 4.74 Å². The lowest BCUT2D eigenvalue weighted by Crippen LogP contribution is -2.17. The standard InChI is InChI=1S/C12H11Cl2F3O2/c13-6-2-1-3-11(18)9-7-8(4-5-10(9)14)19-12(15,16)17/h4-5,7H,1-3,6H2. The number of rotatable bonds is 6. The summed E-state index contributed by atoms with van der Waals surface area (Å²) in [4.78, 5) is 11.8. The second kappa shape index (κ2) is 7.01. The number of hydrogen-bond acceptors (Lipinski definition) is 2. The second-order valence-electron chi connectivity index (χ2n) is 3.76. The fraction of sp³-hybridized carbons (Fsp3) is 0.417. The van der Waals surface area contributed by atoms with Crippen LogP contribution in [-0.4, -0.2) is 18.0 Å². The van der Waals surface area contributed by atoms with Gasteiger partial charge in [-0.3, -0.25) is 4.79 Å². The van der Waals surface area contributed by atoms with Gasteiger partial charge in [-0.15, -0.1) is 24.8 Å². The molecule has 0 aliphatic carbocycles. The third-order valence-electron chi connectivity index (χ3n) is 2.26. The average molecular weight is 315 g/mol. The number of carbonyl (C=O) groups is 1. The Bertz CT molecular complexity index is 447. The van der Waals surface area contributed by atoms with Gasteiger partial charge in [0.25, 0.3) is 0 Å². The van der Waals surface area contributed by atoms with Gasteiger partial charge in [-0.05, 0) is 31.0 Å². The molecule has 2 nitrogen and oxygen atoms in total. The third-order valence-corrected chi connectivity index (χ3v) is 2.86. The number of Topliss-reactive ketones (excluding diaryl/α,β-unsaturated/α-hetero) is 1. The smallest absolute Gasteiger partial charge is 0.406 e. The van der Waals surface area contributed by atoms with Gasteiger partial charge >= 0.3 is 6.36 Å². The van der Waals surface area contributed by atoms with Crippen LogP contribution in [0.4, 0.5) is 13.2 Å². The number of benzene rings is 1. The minimum absolute atomic E-state index is 0.0259. The van der Waals surface area contributed by atoms with E-state index in [2.05, 4.69) is 4.74 Å². The zero-order chi connectivity index (χ0) is 14.5. The molecular weight excluding hydrogens is 304 g/mol. The molecule has 1 aromatic carbocycles. The average Bonchev–Trinajstić information content (AvgIpc) is 2.30. The highest BCUT2D eigenvalue weighted by molar-refractivity contribution is 6.34. The van der Waals surface area contributed by atoms with Crippen LogP contribution in [0.3, 0.4) is 0 Å². The highest BCUT2D eigenvalue weighted by Crippen LogP contribution is 2.28. The molecule has 0 aliphatic heterocycles. The summed E-state index contributed by atoms with van der Waals surface area (Å²) < 4.78 is 39.9. The molecule has 1 aromatic rings. The van der Waals surface area contributed by atoms with Crippen LogP contribution in [-0.2, 0) is 0 Å². The normalized spacial score (nSPS) is 11.4. The van der Waals surface area contributed by atoms with E-state index in [1.54, 1.807) is 0 Å². The van der Waals surface area contributed by atoms with Crippen LogP contribution in [0.5, 0.6) is 5.75 Å². The molecule has 0 aliphatic rings. The zero-order valence-electron chi connectivity index (χ0n) is 9.77. The summed E-state index contributed by atoms with van der Waals surface area (Å²) in [6, 6.07) is 3.27. The summed E-state index contributed by atoms with van der Waals surface area (Å²) in [5, 5.41) is 0.102. The highest BCUT2D eigenvalue weighted by atomic mass is 35.5. The predicted molar refractivity (Wildman–Crippen MR) is 67.0 cm³/mol. The molecule has 0 spiro atoms. The number of halogens is 5. The lowest BCUT2D eigenvalue weighted by atomic mass is 10.1. The summed E-state index contributed by atoms with van der Waals surface area (Å²) in [6.45, 7) is 0. The fourth-order valence-electron chi connectivity index (χ4n) is 1.43. The van der Waals surface area contributed by atoms with Crippen molar-refractivity contribution >= 4 is 29.0 Å². The summed E-state index contributed by atoms with van der Waals surface area (Å²) >= 11 is 11.3. The maximum Gasteiger partial charge on any atom is 0.573 e. The molecule has 0 radical (unpaired) electrons. The van der Waals surface area contributed by atoms with E-state index in [0.29, 0.717) is 18.7 Å². The maximum absolute atomic E-state index is 12.1. The van der Waals surface area contributed by atoms with E-state index in [1.165, 1.54) is 6.07 Å². The van der Waals surface area contributed by atoms with Gasteiger partial charge in [-0.1, -0.05) is 11.6 Å².